The molecule has 1 aromatic carbocycles. The summed E-state index contributed by atoms with van der Waals surface area (Å²) in [5.74, 6) is 0. The minimum Gasteiger partial charge on any atom is -0.241 e. The van der Waals surface area contributed by atoms with E-state index < -0.39 is 5.51 Å². The van der Waals surface area contributed by atoms with Gasteiger partial charge in [0.25, 0.3) is 0 Å². The summed E-state index contributed by atoms with van der Waals surface area (Å²) in [6.45, 7) is 1.83. The monoisotopic (exact) mass is 249 g/mol. The maximum absolute atomic E-state index is 12.1. The van der Waals surface area contributed by atoms with Gasteiger partial charge in [-0.25, -0.2) is 4.98 Å². The topological polar surface area (TPSA) is 12.9 Å². The zero-order valence-corrected chi connectivity index (χ0v) is 9.26. The summed E-state index contributed by atoms with van der Waals surface area (Å²) in [6.07, 6.45) is 0. The van der Waals surface area contributed by atoms with Crippen molar-refractivity contribution in [2.75, 3.05) is 0 Å². The number of thioether (sulfide) groups is 1. The summed E-state index contributed by atoms with van der Waals surface area (Å²) >= 11 is 1.37. The van der Waals surface area contributed by atoms with Crippen LogP contribution in [-0.2, 0) is 0 Å². The first-order valence-corrected chi connectivity index (χ1v) is 5.70. The molecule has 0 unspecified atom stereocenters. The Kier molecular flexibility index (Phi) is 2.64. The Labute approximate surface area is 92.3 Å². The smallest absolute Gasteiger partial charge is 0.241 e. The van der Waals surface area contributed by atoms with Gasteiger partial charge in [-0.2, -0.15) is 13.2 Å². The van der Waals surface area contributed by atoms with Gasteiger partial charge in [-0.05, 0) is 36.9 Å². The fraction of sp³-hybridized carbons (Fsp3) is 0.222. The van der Waals surface area contributed by atoms with Crippen molar-refractivity contribution in [2.24, 2.45) is 0 Å². The fourth-order valence-corrected chi connectivity index (χ4v) is 2.60. The van der Waals surface area contributed by atoms with E-state index >= 15 is 0 Å². The fourth-order valence-electron chi connectivity index (χ4n) is 1.22. The molecular formula is C9H6F3NS2. The first kappa shape index (κ1) is 10.8. The molecule has 1 aromatic heterocycles. The molecule has 0 radical (unpaired) electrons. The molecule has 0 aliphatic rings. The van der Waals surface area contributed by atoms with Gasteiger partial charge >= 0.3 is 5.51 Å². The molecular weight excluding hydrogens is 243 g/mol. The Morgan fingerprint density at radius 2 is 2.07 bits per heavy atom. The van der Waals surface area contributed by atoms with Gasteiger partial charge in [0.2, 0.25) is 0 Å². The molecule has 0 saturated heterocycles. The molecule has 2 rings (SSSR count). The molecule has 6 heteroatoms. The summed E-state index contributed by atoms with van der Waals surface area (Å²) in [5.41, 5.74) is -3.61. The van der Waals surface area contributed by atoms with Crippen LogP contribution in [0.15, 0.2) is 23.1 Å². The summed E-state index contributed by atoms with van der Waals surface area (Å²) in [7, 11) is 0. The number of hydrogen-bond donors (Lipinski definition) is 0. The summed E-state index contributed by atoms with van der Waals surface area (Å²) < 4.78 is 37.2. The summed E-state index contributed by atoms with van der Waals surface area (Å²) in [4.78, 5) is 4.32. The predicted octanol–water partition coefficient (Wildman–Crippen LogP) is 4.22. The molecule has 80 valence electrons. The molecule has 0 saturated carbocycles. The van der Waals surface area contributed by atoms with Crippen LogP contribution in [0.25, 0.3) is 10.2 Å². The number of nitrogens with zero attached hydrogens (tertiary/aromatic N) is 1. The Morgan fingerprint density at radius 3 is 2.73 bits per heavy atom. The van der Waals surface area contributed by atoms with Crippen LogP contribution in [0.1, 0.15) is 5.01 Å². The molecule has 1 heterocycles. The second kappa shape index (κ2) is 3.68. The highest BCUT2D eigenvalue weighted by atomic mass is 32.2. The summed E-state index contributed by atoms with van der Waals surface area (Å²) in [5, 5.41) is 0.860. The van der Waals surface area contributed by atoms with Gasteiger partial charge in [0, 0.05) is 4.90 Å². The van der Waals surface area contributed by atoms with Crippen LogP contribution < -0.4 is 0 Å². The van der Waals surface area contributed by atoms with Crippen molar-refractivity contribution in [3.8, 4) is 0 Å². The lowest BCUT2D eigenvalue weighted by Gasteiger charge is -2.04. The van der Waals surface area contributed by atoms with Crippen LogP contribution in [0.2, 0.25) is 0 Å². The molecule has 2 aromatic rings. The average molecular weight is 249 g/mol. The van der Waals surface area contributed by atoms with E-state index in [9.17, 15) is 13.2 Å². The van der Waals surface area contributed by atoms with Gasteiger partial charge in [-0.3, -0.25) is 0 Å². The molecule has 0 aliphatic heterocycles. The second-order valence-corrected chi connectivity index (χ2v) is 5.28. The number of hydrogen-bond acceptors (Lipinski definition) is 3. The lowest BCUT2D eigenvalue weighted by atomic mass is 10.3. The van der Waals surface area contributed by atoms with E-state index in [1.165, 1.54) is 23.5 Å². The standard InChI is InChI=1S/C9H6F3NS2/c1-5-13-7-4-6(15-9(10,11)12)2-3-8(7)14-5/h2-4H,1H3. The number of aryl methyl sites for hydroxylation is 1. The number of alkyl halides is 3. The number of aromatic nitrogens is 1. The van der Waals surface area contributed by atoms with Crippen LogP contribution >= 0.6 is 23.1 Å². The van der Waals surface area contributed by atoms with Crippen molar-refractivity contribution in [1.29, 1.82) is 0 Å². The normalized spacial score (nSPS) is 12.3. The Bertz CT molecular complexity index is 490. The zero-order chi connectivity index (χ0) is 11.1. The van der Waals surface area contributed by atoms with Gasteiger partial charge in [-0.1, -0.05) is 0 Å². The third-order valence-electron chi connectivity index (χ3n) is 1.70. The molecule has 0 aliphatic carbocycles. The maximum Gasteiger partial charge on any atom is 0.446 e. The minimum absolute atomic E-state index is 0.111. The third kappa shape index (κ3) is 2.63. The van der Waals surface area contributed by atoms with Crippen LogP contribution in [-0.4, -0.2) is 10.5 Å². The van der Waals surface area contributed by atoms with E-state index in [-0.39, 0.29) is 16.7 Å². The van der Waals surface area contributed by atoms with Crippen molar-refractivity contribution >= 4 is 33.3 Å². The largest absolute Gasteiger partial charge is 0.446 e. The van der Waals surface area contributed by atoms with Gasteiger partial charge in [0.1, 0.15) is 0 Å². The van der Waals surface area contributed by atoms with Crippen LogP contribution in [0.3, 0.4) is 0 Å². The third-order valence-corrected chi connectivity index (χ3v) is 3.37. The molecule has 0 bridgehead atoms. The number of halogens is 3. The molecule has 1 nitrogen and oxygen atoms in total. The highest BCUT2D eigenvalue weighted by Gasteiger charge is 2.29. The molecule has 0 atom stereocenters. The lowest BCUT2D eigenvalue weighted by Crippen LogP contribution is -1.98. The average Bonchev–Trinajstić information content (AvgIpc) is 2.40. The number of thiazole rings is 1. The highest BCUT2D eigenvalue weighted by Crippen LogP contribution is 2.38. The first-order chi connectivity index (χ1) is 6.94. The summed E-state index contributed by atoms with van der Waals surface area (Å²) in [6, 6.07) is 4.61. The molecule has 15 heavy (non-hydrogen) atoms. The Hall–Kier alpha value is -0.750. The Balaban J connectivity index is 2.38. The van der Waals surface area contributed by atoms with Crippen molar-refractivity contribution in [3.63, 3.8) is 0 Å². The lowest BCUT2D eigenvalue weighted by molar-refractivity contribution is -0.0328. The van der Waals surface area contributed by atoms with Crippen molar-refractivity contribution in [2.45, 2.75) is 17.3 Å². The van der Waals surface area contributed by atoms with E-state index in [0.717, 1.165) is 9.71 Å². The second-order valence-electron chi connectivity index (χ2n) is 2.91. The molecule has 0 fully saturated rings. The molecule has 0 N–H and O–H groups in total. The van der Waals surface area contributed by atoms with Crippen LogP contribution in [0.5, 0.6) is 0 Å². The SMILES string of the molecule is Cc1nc2cc(SC(F)(F)F)ccc2s1. The predicted molar refractivity (Wildman–Crippen MR) is 56.3 cm³/mol. The van der Waals surface area contributed by atoms with E-state index in [1.54, 1.807) is 6.07 Å². The molecule has 0 amide bonds. The van der Waals surface area contributed by atoms with Crippen molar-refractivity contribution < 1.29 is 13.2 Å². The number of benzene rings is 1. The van der Waals surface area contributed by atoms with E-state index in [0.29, 0.717) is 5.52 Å². The van der Waals surface area contributed by atoms with Crippen molar-refractivity contribution in [1.82, 2.24) is 4.98 Å². The van der Waals surface area contributed by atoms with E-state index in [1.807, 2.05) is 6.92 Å². The van der Waals surface area contributed by atoms with Gasteiger partial charge in [-0.15, -0.1) is 11.3 Å². The van der Waals surface area contributed by atoms with Crippen molar-refractivity contribution in [3.05, 3.63) is 23.2 Å². The van der Waals surface area contributed by atoms with Crippen LogP contribution in [0.4, 0.5) is 13.2 Å². The first-order valence-electron chi connectivity index (χ1n) is 4.07. The quantitative estimate of drug-likeness (QED) is 0.702. The number of rotatable bonds is 1. The maximum atomic E-state index is 12.1. The van der Waals surface area contributed by atoms with Gasteiger partial charge < -0.3 is 0 Å². The Morgan fingerprint density at radius 1 is 1.33 bits per heavy atom. The van der Waals surface area contributed by atoms with Gasteiger partial charge in [0.15, 0.2) is 0 Å². The zero-order valence-electron chi connectivity index (χ0n) is 7.63. The van der Waals surface area contributed by atoms with E-state index in [4.69, 9.17) is 0 Å². The molecule has 0 spiro atoms. The van der Waals surface area contributed by atoms with Crippen LogP contribution in [0, 0.1) is 6.92 Å². The number of fused-ring (bicyclic) bond motifs is 1. The van der Waals surface area contributed by atoms with E-state index in [2.05, 4.69) is 4.98 Å². The minimum atomic E-state index is -4.24. The van der Waals surface area contributed by atoms with Gasteiger partial charge in [0.05, 0.1) is 15.2 Å². The highest BCUT2D eigenvalue weighted by molar-refractivity contribution is 8.00.